The van der Waals surface area contributed by atoms with Crippen LogP contribution in [0, 0.1) is 11.6 Å². The molecular weight excluding hydrogens is 650 g/mol. The van der Waals surface area contributed by atoms with Crippen LogP contribution in [-0.4, -0.2) is 147 Å². The fraction of sp³-hybridized carbons (Fsp3) is 0.407. The molecule has 50 heavy (non-hydrogen) atoms. The van der Waals surface area contributed by atoms with Crippen LogP contribution in [0.5, 0.6) is 5.75 Å². The molecule has 232 valence electrons. The van der Waals surface area contributed by atoms with Crippen LogP contribution in [0.15, 0.2) is 48.0 Å². The molecule has 1 saturated heterocycles. The van der Waals surface area contributed by atoms with Crippen molar-refractivity contribution in [1.29, 1.82) is 0 Å². The van der Waals surface area contributed by atoms with Gasteiger partial charge in [-0.05, 0) is 22.8 Å². The summed E-state index contributed by atoms with van der Waals surface area (Å²) in [4.78, 5) is 19.5. The van der Waals surface area contributed by atoms with Gasteiger partial charge in [-0.1, -0.05) is 11.8 Å². The molecule has 1 saturated carbocycles. The number of carbonyl (C=O) groups is 1. The van der Waals surface area contributed by atoms with E-state index < -0.39 is 49.5 Å². The Balaban J connectivity index is 1.25. The standard InChI is InChI=1S/C27H20B9F2N9O2S/c28-23(29)24(30,31)26(34,35)27(36,25(23,32)33)50-22-43-42-20(47(22)14-2-1-3-40-10-14)13-49-19-9-16(37)15(8-17(19)38)18-11-41-46(44-18)12-21(48)45-6-4-39-5-7-45/h1-3,8-11,39H,4-7,12-13H2. The quantitative estimate of drug-likeness (QED) is 0.224. The van der Waals surface area contributed by atoms with Gasteiger partial charge in [0.15, 0.2) is 22.5 Å². The molecule has 4 aromatic rings. The molecule has 0 atom stereocenters. The van der Waals surface area contributed by atoms with Gasteiger partial charge in [0.25, 0.3) is 0 Å². The maximum Gasteiger partial charge on any atom is 0.246 e. The maximum atomic E-state index is 15.4. The molecule has 1 aliphatic heterocycles. The predicted molar refractivity (Wildman–Crippen MR) is 189 cm³/mol. The van der Waals surface area contributed by atoms with E-state index in [2.05, 4.69) is 30.7 Å². The minimum absolute atomic E-state index is 0.00586. The van der Waals surface area contributed by atoms with Crippen LogP contribution in [0.2, 0.25) is 20.9 Å². The summed E-state index contributed by atoms with van der Waals surface area (Å²) in [5.41, 5.74) is 0.216. The summed E-state index contributed by atoms with van der Waals surface area (Å²) in [7, 11) is 56.9. The molecule has 0 unspecified atom stereocenters. The highest BCUT2D eigenvalue weighted by atomic mass is 32.2. The Morgan fingerprint density at radius 2 is 1.60 bits per heavy atom. The first-order valence-electron chi connectivity index (χ1n) is 15.1. The van der Waals surface area contributed by atoms with Crippen molar-refractivity contribution in [2.75, 3.05) is 26.2 Å². The van der Waals surface area contributed by atoms with Crippen molar-refractivity contribution in [2.24, 2.45) is 0 Å². The third-order valence-electron chi connectivity index (χ3n) is 9.08. The number of aromatic nitrogens is 7. The number of amides is 1. The zero-order chi connectivity index (χ0) is 36.3. The van der Waals surface area contributed by atoms with Crippen molar-refractivity contribution in [3.63, 3.8) is 0 Å². The SMILES string of the molecule is [B]C1([B])C([B])([B])C([B])([B])C([B])(Sc2nnc(COc3cc(F)c(-c4cnn(CC(=O)N5CCNCC5)n4)cc3F)n2-c2cccnc2)C1([B])[B]. The van der Waals surface area contributed by atoms with Gasteiger partial charge in [0.1, 0.15) is 24.7 Å². The van der Waals surface area contributed by atoms with Crippen molar-refractivity contribution in [3.05, 3.63) is 60.3 Å². The summed E-state index contributed by atoms with van der Waals surface area (Å²) in [6.45, 7) is 1.87. The van der Waals surface area contributed by atoms with E-state index in [9.17, 15) is 4.79 Å². The Morgan fingerprint density at radius 1 is 0.920 bits per heavy atom. The summed E-state index contributed by atoms with van der Waals surface area (Å²) >= 11 is 0.643. The zero-order valence-electron chi connectivity index (χ0n) is 26.5. The Labute approximate surface area is 303 Å². The third kappa shape index (κ3) is 5.76. The number of nitrogens with one attached hydrogen (secondary N) is 1. The summed E-state index contributed by atoms with van der Waals surface area (Å²) in [5, 5.41) is 10.5. The third-order valence-corrected chi connectivity index (χ3v) is 10.5. The predicted octanol–water partition coefficient (Wildman–Crippen LogP) is -1.01. The monoisotopic (exact) mass is 671 g/mol. The molecule has 3 aromatic heterocycles. The smallest absolute Gasteiger partial charge is 0.246 e. The van der Waals surface area contributed by atoms with Crippen LogP contribution in [0.3, 0.4) is 0 Å². The van der Waals surface area contributed by atoms with Gasteiger partial charge in [-0.25, -0.2) is 8.78 Å². The van der Waals surface area contributed by atoms with Gasteiger partial charge in [0.2, 0.25) is 5.91 Å². The lowest BCUT2D eigenvalue weighted by atomic mass is 9.17. The summed E-state index contributed by atoms with van der Waals surface area (Å²) in [6.07, 6.45) is 4.21. The average molecular weight is 670 g/mol. The number of piperazine rings is 1. The number of thioether (sulfide) groups is 1. The number of rotatable bonds is 9. The van der Waals surface area contributed by atoms with Gasteiger partial charge in [-0.3, -0.25) is 14.3 Å². The first-order valence-corrected chi connectivity index (χ1v) is 15.9. The molecule has 0 spiro atoms. The minimum atomic E-state index is -2.30. The van der Waals surface area contributed by atoms with Gasteiger partial charge < -0.3 is 15.0 Å². The van der Waals surface area contributed by atoms with Crippen molar-refractivity contribution in [2.45, 2.75) is 43.8 Å². The molecule has 2 aliphatic rings. The van der Waals surface area contributed by atoms with Gasteiger partial charge in [0.05, 0.1) is 88.7 Å². The Kier molecular flexibility index (Phi) is 9.50. The number of nitrogens with zero attached hydrogens (tertiary/aromatic N) is 8. The highest BCUT2D eigenvalue weighted by molar-refractivity contribution is 8.02. The Bertz CT molecular complexity index is 1880. The number of benzene rings is 1. The van der Waals surface area contributed by atoms with E-state index >= 15 is 8.78 Å². The number of carbonyl (C=O) groups excluding carboxylic acids is 1. The second-order valence-corrected chi connectivity index (χ2v) is 13.4. The van der Waals surface area contributed by atoms with Crippen LogP contribution in [0.1, 0.15) is 5.82 Å². The number of hydrogen-bond donors (Lipinski definition) is 1. The molecule has 2 fully saturated rings. The minimum Gasteiger partial charge on any atom is -0.482 e. The Morgan fingerprint density at radius 3 is 2.24 bits per heavy atom. The van der Waals surface area contributed by atoms with E-state index in [1.807, 2.05) is 0 Å². The van der Waals surface area contributed by atoms with Crippen LogP contribution in [0.4, 0.5) is 8.78 Å². The van der Waals surface area contributed by atoms with Crippen molar-refractivity contribution in [3.8, 4) is 22.7 Å². The first-order chi connectivity index (χ1) is 23.4. The molecule has 1 aliphatic carbocycles. The van der Waals surface area contributed by atoms with Crippen molar-refractivity contribution >= 4 is 88.3 Å². The first kappa shape index (κ1) is 36.5. The van der Waals surface area contributed by atoms with Crippen molar-refractivity contribution < 1.29 is 18.3 Å². The van der Waals surface area contributed by atoms with Crippen molar-refractivity contribution in [1.82, 2.24) is 45.0 Å². The molecule has 11 nitrogen and oxygen atoms in total. The molecule has 1 aromatic carbocycles. The average Bonchev–Trinajstić information content (AvgIpc) is 3.72. The second-order valence-electron chi connectivity index (χ2n) is 12.2. The number of pyridine rings is 1. The lowest BCUT2D eigenvalue weighted by Crippen LogP contribution is -2.49. The van der Waals surface area contributed by atoms with Crippen LogP contribution >= 0.6 is 11.8 Å². The molecular formula is C27H20B9F2N9O2S. The summed E-state index contributed by atoms with van der Waals surface area (Å²) in [6, 6.07) is 5.02. The van der Waals surface area contributed by atoms with E-state index in [-0.39, 0.29) is 34.7 Å². The van der Waals surface area contributed by atoms with Crippen LogP contribution in [-0.2, 0) is 17.9 Å². The molecule has 4 heterocycles. The highest BCUT2D eigenvalue weighted by Gasteiger charge is 2.69. The Hall–Kier alpha value is -3.33. The fourth-order valence-corrected chi connectivity index (χ4v) is 7.12. The fourth-order valence-electron chi connectivity index (χ4n) is 5.77. The molecule has 18 radical (unpaired) electrons. The van der Waals surface area contributed by atoms with Gasteiger partial charge in [-0.2, -0.15) is 15.0 Å². The van der Waals surface area contributed by atoms with Gasteiger partial charge >= 0.3 is 0 Å². The number of ether oxygens (including phenoxy) is 1. The maximum absolute atomic E-state index is 15.4. The molecule has 1 N–H and O–H groups in total. The van der Waals surface area contributed by atoms with Crippen LogP contribution < -0.4 is 10.1 Å². The normalized spacial score (nSPS) is 20.0. The lowest BCUT2D eigenvalue weighted by molar-refractivity contribution is -0.132. The summed E-state index contributed by atoms with van der Waals surface area (Å²) in [5.74, 6) is -2.35. The van der Waals surface area contributed by atoms with E-state index in [4.69, 9.17) is 75.4 Å². The molecule has 6 rings (SSSR count). The second kappa shape index (κ2) is 13.0. The summed E-state index contributed by atoms with van der Waals surface area (Å²) < 4.78 is 35.6. The molecule has 0 bridgehead atoms. The molecule has 23 heteroatoms. The number of hydrogen-bond acceptors (Lipinski definition) is 9. The van der Waals surface area contributed by atoms with E-state index in [0.717, 1.165) is 16.9 Å². The van der Waals surface area contributed by atoms with Gasteiger partial charge in [-0.15, -0.1) is 31.1 Å². The topological polar surface area (TPSA) is 116 Å². The van der Waals surface area contributed by atoms with Gasteiger partial charge in [0, 0.05) is 44.0 Å². The van der Waals surface area contributed by atoms with Crippen LogP contribution in [0.25, 0.3) is 16.9 Å². The van der Waals surface area contributed by atoms with E-state index in [0.29, 0.717) is 43.6 Å². The zero-order valence-corrected chi connectivity index (χ0v) is 27.4. The molecule has 1 amide bonds. The lowest BCUT2D eigenvalue weighted by Gasteiger charge is -2.52. The van der Waals surface area contributed by atoms with E-state index in [1.54, 1.807) is 17.0 Å². The largest absolute Gasteiger partial charge is 0.482 e. The van der Waals surface area contributed by atoms with E-state index in [1.165, 1.54) is 23.2 Å². The highest BCUT2D eigenvalue weighted by Crippen LogP contribution is 2.82. The number of halogens is 2.